The van der Waals surface area contributed by atoms with Crippen LogP contribution < -0.4 is 10.2 Å². The summed E-state index contributed by atoms with van der Waals surface area (Å²) in [5.74, 6) is 2.44. The zero-order valence-corrected chi connectivity index (χ0v) is 21.7. The van der Waals surface area contributed by atoms with Gasteiger partial charge in [0.25, 0.3) is 0 Å². The molecule has 1 saturated carbocycles. The number of nitrogens with zero attached hydrogens (tertiary/aromatic N) is 2. The molecule has 5 rings (SSSR count). The summed E-state index contributed by atoms with van der Waals surface area (Å²) in [4.78, 5) is 19.2. The number of carbonyl (C=O) groups excluding carboxylic acids is 1. The molecule has 0 unspecified atom stereocenters. The second kappa shape index (κ2) is 11.3. The Labute approximate surface area is 213 Å². The number of fused-ring (bicyclic) bond motifs is 2. The van der Waals surface area contributed by atoms with Gasteiger partial charge in [0, 0.05) is 48.9 Å². The lowest BCUT2D eigenvalue weighted by molar-refractivity contribution is -0.122. The van der Waals surface area contributed by atoms with Crippen molar-refractivity contribution in [1.29, 1.82) is 0 Å². The van der Waals surface area contributed by atoms with Gasteiger partial charge in [0.05, 0.1) is 6.04 Å². The molecule has 0 radical (unpaired) electrons. The Kier molecular flexibility index (Phi) is 7.98. The lowest BCUT2D eigenvalue weighted by atomic mass is 9.74. The Bertz CT molecular complexity index is 1010. The van der Waals surface area contributed by atoms with Crippen molar-refractivity contribution in [3.05, 3.63) is 59.4 Å². The van der Waals surface area contributed by atoms with Crippen LogP contribution in [0.2, 0.25) is 0 Å². The normalized spacial score (nSPS) is 24.9. The van der Waals surface area contributed by atoms with Crippen molar-refractivity contribution in [2.24, 2.45) is 11.8 Å². The van der Waals surface area contributed by atoms with Crippen LogP contribution >= 0.6 is 11.8 Å². The average molecular weight is 496 g/mol. The maximum absolute atomic E-state index is 13.2. The van der Waals surface area contributed by atoms with Gasteiger partial charge in [-0.1, -0.05) is 30.5 Å². The SMILES string of the molecule is Cc1ccc2c(c1)[C@H](NC(=O)CCCN1CCN(c3ccc(F)cc3)CC1)[C@@H]1CCCC[C@H]1CS2. The largest absolute Gasteiger partial charge is 0.369 e. The third-order valence-electron chi connectivity index (χ3n) is 8.11. The van der Waals surface area contributed by atoms with Gasteiger partial charge in [-0.25, -0.2) is 4.39 Å². The fourth-order valence-electron chi connectivity index (χ4n) is 6.13. The lowest BCUT2D eigenvalue weighted by Crippen LogP contribution is -2.46. The summed E-state index contributed by atoms with van der Waals surface area (Å²) in [5, 5.41) is 3.50. The van der Waals surface area contributed by atoms with E-state index in [1.165, 1.54) is 59.6 Å². The van der Waals surface area contributed by atoms with Gasteiger partial charge >= 0.3 is 0 Å². The van der Waals surface area contributed by atoms with Crippen LogP contribution in [0.4, 0.5) is 10.1 Å². The van der Waals surface area contributed by atoms with Crippen molar-refractivity contribution in [2.45, 2.75) is 56.4 Å². The third kappa shape index (κ3) is 6.03. The Morgan fingerprint density at radius 2 is 1.83 bits per heavy atom. The number of anilines is 1. The highest BCUT2D eigenvalue weighted by Crippen LogP contribution is 2.47. The van der Waals surface area contributed by atoms with Gasteiger partial charge in [-0.05, 0) is 80.5 Å². The summed E-state index contributed by atoms with van der Waals surface area (Å²) in [7, 11) is 0. The van der Waals surface area contributed by atoms with E-state index in [1.54, 1.807) is 0 Å². The van der Waals surface area contributed by atoms with Crippen LogP contribution in [0, 0.1) is 24.6 Å². The minimum atomic E-state index is -0.189. The van der Waals surface area contributed by atoms with Crippen LogP contribution in [0.5, 0.6) is 0 Å². The smallest absolute Gasteiger partial charge is 0.220 e. The summed E-state index contributed by atoms with van der Waals surface area (Å²) >= 11 is 1.99. The molecule has 1 saturated heterocycles. The molecule has 0 spiro atoms. The van der Waals surface area contributed by atoms with E-state index in [-0.39, 0.29) is 17.8 Å². The molecule has 1 N–H and O–H groups in total. The Balaban J connectivity index is 1.13. The van der Waals surface area contributed by atoms with E-state index < -0.39 is 0 Å². The first-order valence-electron chi connectivity index (χ1n) is 13.3. The molecule has 6 heteroatoms. The second-order valence-electron chi connectivity index (χ2n) is 10.5. The number of aryl methyl sites for hydroxylation is 1. The number of amides is 1. The Morgan fingerprint density at radius 3 is 2.63 bits per heavy atom. The monoisotopic (exact) mass is 495 g/mol. The van der Waals surface area contributed by atoms with Gasteiger partial charge in [-0.2, -0.15) is 0 Å². The van der Waals surface area contributed by atoms with Crippen LogP contribution in [0.15, 0.2) is 47.4 Å². The summed E-state index contributed by atoms with van der Waals surface area (Å²) in [6.07, 6.45) is 6.59. The van der Waals surface area contributed by atoms with E-state index in [4.69, 9.17) is 0 Å². The molecule has 1 amide bonds. The van der Waals surface area contributed by atoms with Gasteiger partial charge in [-0.3, -0.25) is 9.69 Å². The highest BCUT2D eigenvalue weighted by Gasteiger charge is 2.37. The molecule has 188 valence electrons. The van der Waals surface area contributed by atoms with Gasteiger partial charge < -0.3 is 10.2 Å². The lowest BCUT2D eigenvalue weighted by Gasteiger charge is -2.36. The number of carbonyl (C=O) groups is 1. The number of hydrogen-bond donors (Lipinski definition) is 1. The molecule has 3 aliphatic rings. The van der Waals surface area contributed by atoms with Crippen molar-refractivity contribution < 1.29 is 9.18 Å². The molecule has 3 atom stereocenters. The molecule has 4 nitrogen and oxygen atoms in total. The van der Waals surface area contributed by atoms with Crippen molar-refractivity contribution >= 4 is 23.4 Å². The molecular weight excluding hydrogens is 457 g/mol. The van der Waals surface area contributed by atoms with Crippen LogP contribution in [0.3, 0.4) is 0 Å². The van der Waals surface area contributed by atoms with E-state index in [9.17, 15) is 9.18 Å². The van der Waals surface area contributed by atoms with E-state index >= 15 is 0 Å². The summed E-state index contributed by atoms with van der Waals surface area (Å²) < 4.78 is 13.2. The summed E-state index contributed by atoms with van der Waals surface area (Å²) in [6, 6.07) is 13.7. The molecule has 0 bridgehead atoms. The molecule has 2 aromatic carbocycles. The summed E-state index contributed by atoms with van der Waals surface area (Å²) in [6.45, 7) is 6.95. The Morgan fingerprint density at radius 1 is 1.06 bits per heavy atom. The predicted molar refractivity (Wildman–Crippen MR) is 143 cm³/mol. The van der Waals surface area contributed by atoms with Crippen LogP contribution in [0.25, 0.3) is 0 Å². The standard InChI is InChI=1S/C29H38FN3OS/c1-21-8-13-27-26(19-21)29(25-6-3-2-5-22(25)20-35-27)31-28(34)7-4-14-32-15-17-33(18-16-32)24-11-9-23(30)10-12-24/h8-13,19,22,25,29H,2-7,14-18,20H2,1H3,(H,31,34)/t22-,25+,29+/m0/s1. The second-order valence-corrected chi connectivity index (χ2v) is 11.6. The number of piperazine rings is 1. The minimum Gasteiger partial charge on any atom is -0.369 e. The van der Waals surface area contributed by atoms with Crippen molar-refractivity contribution in [1.82, 2.24) is 10.2 Å². The first kappa shape index (κ1) is 24.6. The first-order chi connectivity index (χ1) is 17.1. The average Bonchev–Trinajstić information content (AvgIpc) is 3.02. The highest BCUT2D eigenvalue weighted by atomic mass is 32.2. The Hall–Kier alpha value is -2.05. The van der Waals surface area contributed by atoms with Crippen molar-refractivity contribution in [3.63, 3.8) is 0 Å². The molecule has 35 heavy (non-hydrogen) atoms. The first-order valence-corrected chi connectivity index (χ1v) is 14.3. The number of rotatable bonds is 6. The predicted octanol–water partition coefficient (Wildman–Crippen LogP) is 5.81. The fourth-order valence-corrected chi connectivity index (χ4v) is 7.45. The molecule has 2 fully saturated rings. The quantitative estimate of drug-likeness (QED) is 0.549. The topological polar surface area (TPSA) is 35.6 Å². The number of nitrogens with one attached hydrogen (secondary N) is 1. The van der Waals surface area contributed by atoms with Gasteiger partial charge in [0.2, 0.25) is 5.91 Å². The van der Waals surface area contributed by atoms with E-state index in [0.717, 1.165) is 44.8 Å². The van der Waals surface area contributed by atoms with Crippen molar-refractivity contribution in [3.8, 4) is 0 Å². The number of thioether (sulfide) groups is 1. The zero-order chi connectivity index (χ0) is 24.2. The highest BCUT2D eigenvalue weighted by molar-refractivity contribution is 7.99. The molecule has 2 aromatic rings. The summed E-state index contributed by atoms with van der Waals surface area (Å²) in [5.41, 5.74) is 3.70. The molecule has 2 heterocycles. The number of hydrogen-bond acceptors (Lipinski definition) is 4. The fraction of sp³-hybridized carbons (Fsp3) is 0.552. The van der Waals surface area contributed by atoms with Gasteiger partial charge in [0.1, 0.15) is 5.82 Å². The maximum Gasteiger partial charge on any atom is 0.220 e. The van der Waals surface area contributed by atoms with E-state index in [1.807, 2.05) is 23.9 Å². The molecule has 0 aromatic heterocycles. The minimum absolute atomic E-state index is 0.150. The number of halogens is 1. The maximum atomic E-state index is 13.2. The van der Waals surface area contributed by atoms with Crippen molar-refractivity contribution in [2.75, 3.05) is 43.4 Å². The molecule has 1 aliphatic carbocycles. The van der Waals surface area contributed by atoms with Crippen LogP contribution in [-0.2, 0) is 4.79 Å². The van der Waals surface area contributed by atoms with Gasteiger partial charge in [0.15, 0.2) is 0 Å². The third-order valence-corrected chi connectivity index (χ3v) is 9.39. The van der Waals surface area contributed by atoms with Crippen LogP contribution in [0.1, 0.15) is 55.7 Å². The molecule has 2 aliphatic heterocycles. The van der Waals surface area contributed by atoms with Gasteiger partial charge in [-0.15, -0.1) is 11.8 Å². The zero-order valence-electron chi connectivity index (χ0n) is 20.8. The molecular formula is C29H38FN3OS. The van der Waals surface area contributed by atoms with Crippen LogP contribution in [-0.4, -0.2) is 49.3 Å². The van der Waals surface area contributed by atoms with E-state index in [2.05, 4.69) is 40.2 Å². The number of benzene rings is 2. The van der Waals surface area contributed by atoms with E-state index in [0.29, 0.717) is 18.3 Å².